The van der Waals surface area contributed by atoms with Gasteiger partial charge in [0.1, 0.15) is 11.3 Å². The number of ether oxygens (including phenoxy) is 1. The Labute approximate surface area is 165 Å². The number of hydrogen-bond acceptors (Lipinski definition) is 5. The average Bonchev–Trinajstić information content (AvgIpc) is 2.94. The van der Waals surface area contributed by atoms with Crippen LogP contribution < -0.4 is 15.7 Å². The highest BCUT2D eigenvalue weighted by Crippen LogP contribution is 2.33. The first kappa shape index (κ1) is 18.3. The average molecular weight is 398 g/mol. The van der Waals surface area contributed by atoms with E-state index < -0.39 is 5.63 Å². The number of hydrogen-bond donors (Lipinski definition) is 1. The van der Waals surface area contributed by atoms with Crippen LogP contribution in [0.4, 0.5) is 5.69 Å². The highest BCUT2D eigenvalue weighted by Gasteiger charge is 2.27. The number of benzene rings is 2. The van der Waals surface area contributed by atoms with Gasteiger partial charge >= 0.3 is 5.63 Å². The third kappa shape index (κ3) is 3.16. The fraction of sp³-hybridized carbons (Fsp3) is 0.190. The Hall–Kier alpha value is -3.12. The standard InChI is InChI=1S/C21H16ClNO5/c1-10-5-20(25)28-18-8-19(15(22)7-13(10)18)27-9-17(24)12-3-4-16-14(6-12)11(2)21(26)23-16/h3-8,11H,9H2,1-2H3,(H,23,26)/t11-/m1/s1. The molecule has 28 heavy (non-hydrogen) atoms. The van der Waals surface area contributed by atoms with Gasteiger partial charge in [-0.3, -0.25) is 9.59 Å². The number of carbonyl (C=O) groups is 2. The lowest BCUT2D eigenvalue weighted by Gasteiger charge is -2.10. The molecule has 2 heterocycles. The summed E-state index contributed by atoms with van der Waals surface area (Å²) in [6, 6.07) is 9.60. The maximum absolute atomic E-state index is 12.5. The van der Waals surface area contributed by atoms with E-state index in [1.165, 1.54) is 12.1 Å². The van der Waals surface area contributed by atoms with Crippen LogP contribution in [0.15, 0.2) is 45.6 Å². The van der Waals surface area contributed by atoms with Crippen LogP contribution in [0.2, 0.25) is 5.02 Å². The van der Waals surface area contributed by atoms with Crippen LogP contribution in [0.3, 0.4) is 0 Å². The largest absolute Gasteiger partial charge is 0.484 e. The van der Waals surface area contributed by atoms with Crippen LogP contribution >= 0.6 is 11.6 Å². The molecule has 0 saturated heterocycles. The molecule has 4 rings (SSSR count). The zero-order valence-electron chi connectivity index (χ0n) is 15.2. The number of amides is 1. The van der Waals surface area contributed by atoms with Crippen molar-refractivity contribution in [3.63, 3.8) is 0 Å². The summed E-state index contributed by atoms with van der Waals surface area (Å²) in [5.74, 6) is -0.390. The second-order valence-electron chi connectivity index (χ2n) is 6.75. The molecule has 7 heteroatoms. The van der Waals surface area contributed by atoms with Gasteiger partial charge in [0.2, 0.25) is 5.91 Å². The molecule has 0 spiro atoms. The highest BCUT2D eigenvalue weighted by molar-refractivity contribution is 6.32. The Bertz CT molecular complexity index is 1200. The molecule has 0 aliphatic carbocycles. The lowest BCUT2D eigenvalue weighted by atomic mass is 9.99. The normalized spacial score (nSPS) is 15.4. The number of Topliss-reactive ketones (excluding diaryl/α,β-unsaturated/α-hetero) is 1. The van der Waals surface area contributed by atoms with Gasteiger partial charge in [-0.2, -0.15) is 0 Å². The van der Waals surface area contributed by atoms with E-state index >= 15 is 0 Å². The van der Waals surface area contributed by atoms with Crippen molar-refractivity contribution in [3.8, 4) is 5.75 Å². The molecule has 142 valence electrons. The molecule has 1 amide bonds. The van der Waals surface area contributed by atoms with Gasteiger partial charge in [-0.15, -0.1) is 0 Å². The number of ketones is 1. The van der Waals surface area contributed by atoms with E-state index in [9.17, 15) is 14.4 Å². The Morgan fingerprint density at radius 2 is 2.00 bits per heavy atom. The highest BCUT2D eigenvalue weighted by atomic mass is 35.5. The van der Waals surface area contributed by atoms with E-state index in [1.54, 1.807) is 38.1 Å². The van der Waals surface area contributed by atoms with Gasteiger partial charge in [-0.25, -0.2) is 4.79 Å². The number of anilines is 1. The Kier molecular flexibility index (Phi) is 4.43. The molecule has 0 unspecified atom stereocenters. The summed E-state index contributed by atoms with van der Waals surface area (Å²) < 4.78 is 10.8. The van der Waals surface area contributed by atoms with Crippen molar-refractivity contribution in [1.29, 1.82) is 0 Å². The number of aryl methyl sites for hydroxylation is 1. The van der Waals surface area contributed by atoms with Crippen LogP contribution in [0.5, 0.6) is 5.75 Å². The van der Waals surface area contributed by atoms with E-state index in [0.29, 0.717) is 21.6 Å². The molecule has 0 saturated carbocycles. The van der Waals surface area contributed by atoms with Crippen molar-refractivity contribution in [3.05, 3.63) is 68.5 Å². The summed E-state index contributed by atoms with van der Waals surface area (Å²) in [6.45, 7) is 3.33. The van der Waals surface area contributed by atoms with E-state index in [1.807, 2.05) is 0 Å². The van der Waals surface area contributed by atoms with E-state index in [-0.39, 0.29) is 30.0 Å². The first-order valence-electron chi connectivity index (χ1n) is 8.68. The lowest BCUT2D eigenvalue weighted by molar-refractivity contribution is -0.116. The Morgan fingerprint density at radius 1 is 1.21 bits per heavy atom. The summed E-state index contributed by atoms with van der Waals surface area (Å²) in [5.41, 5.74) is 2.57. The summed E-state index contributed by atoms with van der Waals surface area (Å²) in [7, 11) is 0. The monoisotopic (exact) mass is 397 g/mol. The molecule has 3 aromatic rings. The molecule has 1 atom stereocenters. The van der Waals surface area contributed by atoms with Crippen LogP contribution in [0, 0.1) is 6.92 Å². The van der Waals surface area contributed by atoms with Crippen LogP contribution in [-0.2, 0) is 4.79 Å². The number of carbonyl (C=O) groups excluding carboxylic acids is 2. The number of halogens is 1. The van der Waals surface area contributed by atoms with E-state index in [2.05, 4.69) is 5.32 Å². The number of rotatable bonds is 4. The predicted octanol–water partition coefficient (Wildman–Crippen LogP) is 4.07. The molecule has 0 bridgehead atoms. The predicted molar refractivity (Wildman–Crippen MR) is 106 cm³/mol. The molecule has 2 aromatic carbocycles. The molecule has 1 aromatic heterocycles. The Balaban J connectivity index is 1.57. The lowest BCUT2D eigenvalue weighted by Crippen LogP contribution is -2.12. The minimum atomic E-state index is -0.468. The zero-order valence-corrected chi connectivity index (χ0v) is 15.9. The van der Waals surface area contributed by atoms with Crippen molar-refractivity contribution >= 4 is 39.9 Å². The van der Waals surface area contributed by atoms with Crippen molar-refractivity contribution in [2.24, 2.45) is 0 Å². The van der Waals surface area contributed by atoms with Gasteiger partial charge in [0.05, 0.1) is 10.9 Å². The van der Waals surface area contributed by atoms with Gasteiger partial charge in [0.15, 0.2) is 12.4 Å². The quantitative estimate of drug-likeness (QED) is 0.529. The first-order valence-corrected chi connectivity index (χ1v) is 9.06. The molecule has 0 fully saturated rings. The van der Waals surface area contributed by atoms with Gasteiger partial charge in [0.25, 0.3) is 0 Å². The molecule has 0 radical (unpaired) electrons. The fourth-order valence-electron chi connectivity index (χ4n) is 3.25. The summed E-state index contributed by atoms with van der Waals surface area (Å²) in [4.78, 5) is 35.9. The minimum Gasteiger partial charge on any atom is -0.484 e. The minimum absolute atomic E-state index is 0.0874. The second-order valence-corrected chi connectivity index (χ2v) is 7.16. The smallest absolute Gasteiger partial charge is 0.336 e. The fourth-order valence-corrected chi connectivity index (χ4v) is 3.47. The summed E-state index contributed by atoms with van der Waals surface area (Å²) in [6.07, 6.45) is 0. The Morgan fingerprint density at radius 3 is 2.79 bits per heavy atom. The molecular weight excluding hydrogens is 382 g/mol. The maximum Gasteiger partial charge on any atom is 0.336 e. The molecule has 6 nitrogen and oxygen atoms in total. The van der Waals surface area contributed by atoms with Crippen molar-refractivity contribution in [2.75, 3.05) is 11.9 Å². The first-order chi connectivity index (χ1) is 13.3. The van der Waals surface area contributed by atoms with E-state index in [0.717, 1.165) is 16.8 Å². The summed E-state index contributed by atoms with van der Waals surface area (Å²) in [5, 5.41) is 3.79. The molecular formula is C21H16ClNO5. The van der Waals surface area contributed by atoms with Crippen molar-refractivity contribution in [2.45, 2.75) is 19.8 Å². The van der Waals surface area contributed by atoms with Gasteiger partial charge in [0, 0.05) is 28.8 Å². The number of nitrogens with one attached hydrogen (secondary N) is 1. The summed E-state index contributed by atoms with van der Waals surface area (Å²) >= 11 is 6.25. The van der Waals surface area contributed by atoms with Crippen molar-refractivity contribution in [1.82, 2.24) is 0 Å². The van der Waals surface area contributed by atoms with Crippen LogP contribution in [-0.4, -0.2) is 18.3 Å². The van der Waals surface area contributed by atoms with Crippen LogP contribution in [0.25, 0.3) is 11.0 Å². The maximum atomic E-state index is 12.5. The SMILES string of the molecule is Cc1cc(=O)oc2cc(OCC(=O)c3ccc4c(c3)[C@@H](C)C(=O)N4)c(Cl)cc12. The van der Waals surface area contributed by atoms with Crippen LogP contribution in [0.1, 0.15) is 34.3 Å². The zero-order chi connectivity index (χ0) is 20.0. The molecule has 1 aliphatic rings. The third-order valence-corrected chi connectivity index (χ3v) is 5.15. The molecule has 1 aliphatic heterocycles. The third-order valence-electron chi connectivity index (χ3n) is 4.85. The second kappa shape index (κ2) is 6.80. The number of fused-ring (bicyclic) bond motifs is 2. The van der Waals surface area contributed by atoms with Gasteiger partial charge in [-0.05, 0) is 49.2 Å². The van der Waals surface area contributed by atoms with Crippen molar-refractivity contribution < 1.29 is 18.7 Å². The van der Waals surface area contributed by atoms with E-state index in [4.69, 9.17) is 20.8 Å². The molecule has 1 N–H and O–H groups in total. The van der Waals surface area contributed by atoms with Gasteiger partial charge < -0.3 is 14.5 Å². The topological polar surface area (TPSA) is 85.6 Å². The van der Waals surface area contributed by atoms with Gasteiger partial charge in [-0.1, -0.05) is 11.6 Å².